The highest BCUT2D eigenvalue weighted by molar-refractivity contribution is 6.45. The van der Waals surface area contributed by atoms with Crippen LogP contribution in [0.2, 0.25) is 0 Å². The van der Waals surface area contributed by atoms with Crippen molar-refractivity contribution in [2.24, 2.45) is 10.7 Å². The van der Waals surface area contributed by atoms with Gasteiger partial charge in [0.15, 0.2) is 12.0 Å². The van der Waals surface area contributed by atoms with Crippen LogP contribution >= 0.6 is 11.6 Å². The number of hydrogen-bond acceptors (Lipinski definition) is 12. The van der Waals surface area contributed by atoms with E-state index < -0.39 is 12.3 Å². The lowest BCUT2D eigenvalue weighted by Gasteiger charge is -2.43. The number of nitriles is 1. The molecule has 0 radical (unpaired) electrons. The van der Waals surface area contributed by atoms with Gasteiger partial charge in [-0.2, -0.15) is 10.2 Å². The first kappa shape index (κ1) is 31.7. The first-order valence-corrected chi connectivity index (χ1v) is 16.2. The number of halogens is 2. The number of alkyl halides is 1. The average molecular weight is 673 g/mol. The third-order valence-corrected chi connectivity index (χ3v) is 9.49. The summed E-state index contributed by atoms with van der Waals surface area (Å²) in [6, 6.07) is 15.8. The van der Waals surface area contributed by atoms with Crippen molar-refractivity contribution in [3.8, 4) is 23.2 Å². The highest BCUT2D eigenvalue weighted by Crippen LogP contribution is 2.30. The Morgan fingerprint density at radius 1 is 1.10 bits per heavy atom. The molecule has 48 heavy (non-hydrogen) atoms. The van der Waals surface area contributed by atoms with Crippen molar-refractivity contribution in [1.82, 2.24) is 24.8 Å². The fourth-order valence-electron chi connectivity index (χ4n) is 6.19. The smallest absolute Gasteiger partial charge is 0.253 e. The van der Waals surface area contributed by atoms with Gasteiger partial charge in [0, 0.05) is 56.1 Å². The number of nitrogens with one attached hydrogen (secondary N) is 1. The van der Waals surface area contributed by atoms with Gasteiger partial charge in [-0.15, -0.1) is 0 Å². The molecule has 0 bridgehead atoms. The lowest BCUT2D eigenvalue weighted by molar-refractivity contribution is -0.130. The molecule has 15 heteroatoms. The molecule has 3 N–H and O–H groups in total. The SMILES string of the molecule is N#Cc1cc(-c2ncnc(Nc3ccc(N4CCN(C5COC5)CC4)cc3)n2)ccc1O[C@H]1CCN(C(=O)C2=C(Cl)C(N)=NC2)C[C@H]1F. The third-order valence-electron chi connectivity index (χ3n) is 9.07. The Morgan fingerprint density at radius 3 is 2.56 bits per heavy atom. The lowest BCUT2D eigenvalue weighted by Crippen LogP contribution is -2.56. The maximum Gasteiger partial charge on any atom is 0.253 e. The molecule has 4 aliphatic rings. The van der Waals surface area contributed by atoms with E-state index in [1.54, 1.807) is 18.2 Å². The van der Waals surface area contributed by atoms with Crippen molar-refractivity contribution in [3.05, 3.63) is 65.0 Å². The minimum absolute atomic E-state index is 0.0795. The number of piperazine rings is 1. The number of anilines is 3. The van der Waals surface area contributed by atoms with E-state index in [0.29, 0.717) is 23.4 Å². The summed E-state index contributed by atoms with van der Waals surface area (Å²) in [6.45, 7) is 5.86. The van der Waals surface area contributed by atoms with Crippen LogP contribution in [-0.2, 0) is 9.53 Å². The first-order chi connectivity index (χ1) is 23.4. The summed E-state index contributed by atoms with van der Waals surface area (Å²) in [5.74, 6) is 0.676. The molecular formula is C33H34ClFN10O3. The molecule has 2 aromatic carbocycles. The van der Waals surface area contributed by atoms with Gasteiger partial charge in [0.05, 0.1) is 48.5 Å². The summed E-state index contributed by atoms with van der Waals surface area (Å²) < 4.78 is 26.5. The first-order valence-electron chi connectivity index (χ1n) is 15.8. The largest absolute Gasteiger partial charge is 0.486 e. The van der Waals surface area contributed by atoms with Crippen LogP contribution in [0.15, 0.2) is 64.4 Å². The van der Waals surface area contributed by atoms with E-state index >= 15 is 4.39 Å². The standard InChI is InChI=1S/C33H34ClFN10O3/c34-29-25(15-38-30(29)37)32(46)45-8-7-28(26(35)16-45)48-27-6-1-20(13-21(27)14-36)31-39-19-40-33(42-31)41-22-2-4-23(5-3-22)43-9-11-44(12-10-43)24-17-47-18-24/h1-6,13,19,24,26,28H,7-12,15-18H2,(H2,37,38)(H,39,40,41,42)/t26-,28+/m1/s1. The molecule has 7 rings (SSSR count). The maximum absolute atomic E-state index is 15.2. The Balaban J connectivity index is 0.962. The van der Waals surface area contributed by atoms with E-state index in [-0.39, 0.29) is 59.7 Å². The molecule has 0 saturated carbocycles. The van der Waals surface area contributed by atoms with Gasteiger partial charge < -0.3 is 30.3 Å². The van der Waals surface area contributed by atoms with E-state index in [1.807, 2.05) is 12.1 Å². The maximum atomic E-state index is 15.2. The zero-order chi connectivity index (χ0) is 33.2. The van der Waals surface area contributed by atoms with Crippen LogP contribution < -0.4 is 20.7 Å². The minimum atomic E-state index is -1.48. The number of likely N-dealkylation sites (tertiary alicyclic amines) is 1. The number of carbonyl (C=O) groups excluding carboxylic acids is 1. The number of rotatable bonds is 8. The summed E-state index contributed by atoms with van der Waals surface area (Å²) in [5.41, 5.74) is 8.72. The number of benzene rings is 2. The van der Waals surface area contributed by atoms with E-state index in [9.17, 15) is 10.1 Å². The number of hydrogen-bond donors (Lipinski definition) is 2. The quantitative estimate of drug-likeness (QED) is 0.363. The van der Waals surface area contributed by atoms with Gasteiger partial charge in [-0.05, 0) is 42.5 Å². The van der Waals surface area contributed by atoms with Crippen LogP contribution in [0.3, 0.4) is 0 Å². The van der Waals surface area contributed by atoms with Gasteiger partial charge in [0.1, 0.15) is 30.1 Å². The second-order valence-electron chi connectivity index (χ2n) is 12.0. The Hall–Kier alpha value is -4.84. The minimum Gasteiger partial charge on any atom is -0.486 e. The molecule has 2 atom stereocenters. The molecule has 1 aromatic heterocycles. The fourth-order valence-corrected chi connectivity index (χ4v) is 6.39. The topological polar surface area (TPSA) is 158 Å². The molecular weight excluding hydrogens is 639 g/mol. The van der Waals surface area contributed by atoms with E-state index in [4.69, 9.17) is 26.8 Å². The van der Waals surface area contributed by atoms with Gasteiger partial charge in [0.2, 0.25) is 5.95 Å². The molecule has 5 heterocycles. The Morgan fingerprint density at radius 2 is 1.90 bits per heavy atom. The monoisotopic (exact) mass is 672 g/mol. The number of aromatic nitrogens is 3. The van der Waals surface area contributed by atoms with Crippen molar-refractivity contribution in [3.63, 3.8) is 0 Å². The highest BCUT2D eigenvalue weighted by atomic mass is 35.5. The van der Waals surface area contributed by atoms with Crippen LogP contribution in [0.25, 0.3) is 11.4 Å². The number of amides is 1. The molecule has 3 saturated heterocycles. The lowest BCUT2D eigenvalue weighted by atomic mass is 10.0. The van der Waals surface area contributed by atoms with Crippen LogP contribution in [0, 0.1) is 11.3 Å². The molecule has 248 valence electrons. The normalized spacial score (nSPS) is 21.8. The second-order valence-corrected chi connectivity index (χ2v) is 12.4. The van der Waals surface area contributed by atoms with Gasteiger partial charge in [-0.3, -0.25) is 14.7 Å². The Kier molecular flexibility index (Phi) is 9.07. The average Bonchev–Trinajstić information content (AvgIpc) is 3.42. The molecule has 13 nitrogen and oxygen atoms in total. The predicted molar refractivity (Wildman–Crippen MR) is 178 cm³/mol. The number of ether oxygens (including phenoxy) is 2. The van der Waals surface area contributed by atoms with E-state index in [1.165, 1.54) is 16.9 Å². The number of nitrogens with zero attached hydrogens (tertiary/aromatic N) is 8. The van der Waals surface area contributed by atoms with Crippen LogP contribution in [0.1, 0.15) is 12.0 Å². The van der Waals surface area contributed by atoms with Crippen LogP contribution in [0.5, 0.6) is 5.75 Å². The summed E-state index contributed by atoms with van der Waals surface area (Å²) in [4.78, 5) is 36.2. The van der Waals surface area contributed by atoms with Crippen molar-refractivity contribution >= 4 is 40.7 Å². The Bertz CT molecular complexity index is 1790. The molecule has 0 unspecified atom stereocenters. The fraction of sp³-hybridized carbons (Fsp3) is 0.394. The summed E-state index contributed by atoms with van der Waals surface area (Å²) in [6.07, 6.45) is -0.679. The van der Waals surface area contributed by atoms with Gasteiger partial charge in [-0.25, -0.2) is 14.4 Å². The highest BCUT2D eigenvalue weighted by Gasteiger charge is 2.36. The third kappa shape index (κ3) is 6.62. The van der Waals surface area contributed by atoms with Gasteiger partial charge >= 0.3 is 0 Å². The molecule has 0 spiro atoms. The molecule has 3 fully saturated rings. The van der Waals surface area contributed by atoms with Crippen molar-refractivity contribution in [2.75, 3.05) is 69.2 Å². The molecule has 3 aromatic rings. The van der Waals surface area contributed by atoms with Crippen molar-refractivity contribution in [2.45, 2.75) is 24.7 Å². The zero-order valence-electron chi connectivity index (χ0n) is 26.1. The summed E-state index contributed by atoms with van der Waals surface area (Å²) in [5, 5.41) is 13.2. The molecule has 1 amide bonds. The van der Waals surface area contributed by atoms with Crippen LogP contribution in [-0.4, -0.2) is 114 Å². The predicted octanol–water partition coefficient (Wildman–Crippen LogP) is 2.86. The van der Waals surface area contributed by atoms with E-state index in [0.717, 1.165) is 45.1 Å². The summed E-state index contributed by atoms with van der Waals surface area (Å²) >= 11 is 6.10. The molecule has 0 aliphatic carbocycles. The van der Waals surface area contributed by atoms with Crippen molar-refractivity contribution in [1.29, 1.82) is 5.26 Å². The van der Waals surface area contributed by atoms with Gasteiger partial charge in [-0.1, -0.05) is 11.6 Å². The Labute approximate surface area is 281 Å². The van der Waals surface area contributed by atoms with Crippen LogP contribution in [0.4, 0.5) is 21.7 Å². The zero-order valence-corrected chi connectivity index (χ0v) is 26.8. The van der Waals surface area contributed by atoms with E-state index in [2.05, 4.69) is 53.3 Å². The number of carbonyl (C=O) groups is 1. The van der Waals surface area contributed by atoms with Crippen molar-refractivity contribution < 1.29 is 18.7 Å². The van der Waals surface area contributed by atoms with Gasteiger partial charge in [0.25, 0.3) is 5.91 Å². The second kappa shape index (κ2) is 13.7. The number of piperidine rings is 1. The summed E-state index contributed by atoms with van der Waals surface area (Å²) in [7, 11) is 0. The number of aliphatic imine (C=N–C) groups is 1. The number of amidine groups is 1. The number of nitrogens with two attached hydrogens (primary N) is 1. The molecule has 4 aliphatic heterocycles.